The molecule has 0 fully saturated rings. The fourth-order valence-electron chi connectivity index (χ4n) is 4.19. The van der Waals surface area contributed by atoms with Crippen molar-refractivity contribution in [2.24, 2.45) is 5.10 Å². The Labute approximate surface area is 242 Å². The first-order valence-corrected chi connectivity index (χ1v) is 14.7. The van der Waals surface area contributed by atoms with Crippen molar-refractivity contribution >= 4 is 51.6 Å². The Hall–Kier alpha value is -3.96. The van der Waals surface area contributed by atoms with E-state index in [0.29, 0.717) is 35.0 Å². The highest BCUT2D eigenvalue weighted by atomic mass is 33.1. The minimum atomic E-state index is -0.293. The maximum Gasteiger partial charge on any atom is 0.268 e. The van der Waals surface area contributed by atoms with Gasteiger partial charge < -0.3 is 20.9 Å². The smallest absolute Gasteiger partial charge is 0.268 e. The Morgan fingerprint density at radius 3 is 2.60 bits per heavy atom. The number of hydrogen-bond acceptors (Lipinski definition) is 10. The van der Waals surface area contributed by atoms with Gasteiger partial charge in [-0.25, -0.2) is 9.99 Å². The van der Waals surface area contributed by atoms with Crippen molar-refractivity contribution in [1.29, 1.82) is 0 Å². The molecule has 1 aliphatic heterocycles. The minimum absolute atomic E-state index is 0.131. The summed E-state index contributed by atoms with van der Waals surface area (Å²) in [4.78, 5) is 21.8. The van der Waals surface area contributed by atoms with Crippen molar-refractivity contribution in [3.05, 3.63) is 87.0 Å². The van der Waals surface area contributed by atoms with Crippen LogP contribution in [0.2, 0.25) is 0 Å². The van der Waals surface area contributed by atoms with Crippen LogP contribution in [0.1, 0.15) is 52.7 Å². The first-order valence-electron chi connectivity index (χ1n) is 12.4. The van der Waals surface area contributed by atoms with Gasteiger partial charge in [0, 0.05) is 34.9 Å². The average molecular weight is 577 g/mol. The molecule has 1 unspecified atom stereocenters. The van der Waals surface area contributed by atoms with Crippen LogP contribution in [0.3, 0.4) is 0 Å². The average Bonchev–Trinajstić information content (AvgIpc) is 2.93. The third kappa shape index (κ3) is 6.60. The third-order valence-electron chi connectivity index (χ3n) is 6.08. The van der Waals surface area contributed by atoms with E-state index < -0.39 is 0 Å². The number of aromatic nitrogens is 2. The minimum Gasteiger partial charge on any atom is -0.493 e. The lowest BCUT2D eigenvalue weighted by molar-refractivity contribution is -0.126. The molecule has 1 aliphatic rings. The van der Waals surface area contributed by atoms with Gasteiger partial charge >= 0.3 is 0 Å². The van der Waals surface area contributed by atoms with E-state index in [-0.39, 0.29) is 17.2 Å². The number of ether oxygens (including phenoxy) is 2. The SMILES string of the molecule is COc1cc(Cc2c(C)nc(N)nc2N)cc(C=CC(=O)N2N=Cc3ccccc3C2SSC=C(C)C)c1OC. The van der Waals surface area contributed by atoms with Crippen molar-refractivity contribution in [3.8, 4) is 11.5 Å². The number of carbonyl (C=O) groups excluding carboxylic acids is 1. The zero-order valence-electron chi connectivity index (χ0n) is 23.0. The van der Waals surface area contributed by atoms with Gasteiger partial charge in [-0.05, 0) is 55.5 Å². The number of nitrogens with two attached hydrogens (primary N) is 2. The second-order valence-electron chi connectivity index (χ2n) is 9.26. The predicted octanol–water partition coefficient (Wildman–Crippen LogP) is 5.75. The number of allylic oxidation sites excluding steroid dienone is 1. The van der Waals surface area contributed by atoms with Gasteiger partial charge in [-0.1, -0.05) is 51.4 Å². The van der Waals surface area contributed by atoms with Crippen molar-refractivity contribution < 1.29 is 14.3 Å². The highest BCUT2D eigenvalue weighted by Gasteiger charge is 2.29. The van der Waals surface area contributed by atoms with E-state index in [2.05, 4.69) is 20.5 Å². The molecule has 40 heavy (non-hydrogen) atoms. The number of nitrogen functional groups attached to an aromatic ring is 2. The Morgan fingerprint density at radius 1 is 1.12 bits per heavy atom. The molecule has 1 aromatic heterocycles. The van der Waals surface area contributed by atoms with Gasteiger partial charge in [0.1, 0.15) is 11.2 Å². The van der Waals surface area contributed by atoms with Gasteiger partial charge in [-0.15, -0.1) is 0 Å². The van der Waals surface area contributed by atoms with Gasteiger partial charge in [-0.3, -0.25) is 4.79 Å². The van der Waals surface area contributed by atoms with Crippen molar-refractivity contribution in [2.75, 3.05) is 25.7 Å². The molecule has 0 saturated heterocycles. The molecule has 2 heterocycles. The molecule has 1 amide bonds. The van der Waals surface area contributed by atoms with Gasteiger partial charge in [0.15, 0.2) is 11.5 Å². The van der Waals surface area contributed by atoms with Crippen LogP contribution in [0.4, 0.5) is 11.8 Å². The highest BCUT2D eigenvalue weighted by molar-refractivity contribution is 8.77. The number of hydrogen-bond donors (Lipinski definition) is 2. The summed E-state index contributed by atoms with van der Waals surface area (Å²) in [5, 5.41) is 7.77. The summed E-state index contributed by atoms with van der Waals surface area (Å²) >= 11 is 0. The quantitative estimate of drug-likeness (QED) is 0.242. The summed E-state index contributed by atoms with van der Waals surface area (Å²) < 4.78 is 11.3. The third-order valence-corrected chi connectivity index (χ3v) is 8.56. The largest absolute Gasteiger partial charge is 0.493 e. The Balaban J connectivity index is 1.65. The van der Waals surface area contributed by atoms with E-state index in [1.165, 1.54) is 16.7 Å². The fraction of sp³-hybridized carbons (Fsp3) is 0.241. The summed E-state index contributed by atoms with van der Waals surface area (Å²) in [6.45, 7) is 5.92. The van der Waals surface area contributed by atoms with Crippen LogP contribution < -0.4 is 20.9 Å². The monoisotopic (exact) mass is 576 g/mol. The number of benzene rings is 2. The maximum absolute atomic E-state index is 13.5. The van der Waals surface area contributed by atoms with Gasteiger partial charge in [0.2, 0.25) is 5.95 Å². The normalized spacial score (nSPS) is 14.2. The van der Waals surface area contributed by atoms with E-state index in [1.54, 1.807) is 48.1 Å². The predicted molar refractivity (Wildman–Crippen MR) is 165 cm³/mol. The molecule has 0 aliphatic carbocycles. The van der Waals surface area contributed by atoms with E-state index in [4.69, 9.17) is 20.9 Å². The molecule has 208 valence electrons. The highest BCUT2D eigenvalue weighted by Crippen LogP contribution is 2.44. The number of carbonyl (C=O) groups is 1. The number of nitrogens with zero attached hydrogens (tertiary/aromatic N) is 4. The zero-order chi connectivity index (χ0) is 28.8. The summed E-state index contributed by atoms with van der Waals surface area (Å²) in [6, 6.07) is 11.7. The lowest BCUT2D eigenvalue weighted by Gasteiger charge is -2.29. The van der Waals surface area contributed by atoms with E-state index in [9.17, 15) is 4.79 Å². The first kappa shape index (κ1) is 29.0. The Bertz CT molecular complexity index is 1480. The number of methoxy groups -OCH3 is 2. The number of aryl methyl sites for hydroxylation is 1. The van der Waals surface area contributed by atoms with Crippen LogP contribution in [0.25, 0.3) is 6.08 Å². The van der Waals surface area contributed by atoms with E-state index in [0.717, 1.165) is 22.3 Å². The van der Waals surface area contributed by atoms with Crippen LogP contribution in [0.5, 0.6) is 11.5 Å². The van der Waals surface area contributed by atoms with Gasteiger partial charge in [0.25, 0.3) is 5.91 Å². The summed E-state index contributed by atoms with van der Waals surface area (Å²) in [6.07, 6.45) is 5.37. The molecule has 11 heteroatoms. The molecule has 0 bridgehead atoms. The van der Waals surface area contributed by atoms with Crippen LogP contribution >= 0.6 is 21.6 Å². The molecule has 0 spiro atoms. The fourth-order valence-corrected chi connectivity index (χ4v) is 6.72. The van der Waals surface area contributed by atoms with Crippen LogP contribution in [-0.2, 0) is 11.2 Å². The standard InChI is InChI=1S/C29H32N6O3S2/c1-17(2)16-39-40-28-22-9-7-6-8-21(22)15-32-35(28)25(36)11-10-20-12-19(14-24(37-4)26(20)38-5)13-23-18(3)33-29(31)34-27(23)30/h6-12,14-16,28H,13H2,1-5H3,(H4,30,31,33,34). The molecule has 0 saturated carbocycles. The molecule has 1 atom stereocenters. The van der Waals surface area contributed by atoms with Crippen LogP contribution in [0, 0.1) is 6.92 Å². The summed E-state index contributed by atoms with van der Waals surface area (Å²) in [7, 11) is 6.28. The summed E-state index contributed by atoms with van der Waals surface area (Å²) in [5.41, 5.74) is 18.1. The molecule has 3 aromatic rings. The second kappa shape index (κ2) is 12.9. The van der Waals surface area contributed by atoms with Crippen LogP contribution in [-0.4, -0.2) is 41.3 Å². The van der Waals surface area contributed by atoms with Crippen molar-refractivity contribution in [3.63, 3.8) is 0 Å². The van der Waals surface area contributed by atoms with E-state index in [1.807, 2.05) is 57.2 Å². The van der Waals surface area contributed by atoms with Crippen molar-refractivity contribution in [1.82, 2.24) is 15.0 Å². The number of fused-ring (bicyclic) bond motifs is 1. The molecule has 0 radical (unpaired) electrons. The Kier molecular flexibility index (Phi) is 9.38. The second-order valence-corrected chi connectivity index (χ2v) is 11.5. The number of hydrazone groups is 1. The lowest BCUT2D eigenvalue weighted by Crippen LogP contribution is -2.30. The first-order chi connectivity index (χ1) is 19.2. The molecule has 2 aromatic carbocycles. The molecular formula is C29H32N6O3S2. The number of anilines is 2. The van der Waals surface area contributed by atoms with Gasteiger partial charge in [0.05, 0.1) is 20.4 Å². The molecule has 4 rings (SSSR count). The molecule has 9 nitrogen and oxygen atoms in total. The zero-order valence-corrected chi connectivity index (χ0v) is 24.7. The Morgan fingerprint density at radius 2 is 1.90 bits per heavy atom. The van der Waals surface area contributed by atoms with Crippen molar-refractivity contribution in [2.45, 2.75) is 32.6 Å². The van der Waals surface area contributed by atoms with E-state index >= 15 is 0 Å². The van der Waals surface area contributed by atoms with Crippen LogP contribution in [0.15, 0.2) is 58.6 Å². The number of rotatable bonds is 9. The lowest BCUT2D eigenvalue weighted by atomic mass is 10.0. The molecule has 4 N–H and O–H groups in total. The summed E-state index contributed by atoms with van der Waals surface area (Å²) in [5.74, 6) is 1.22. The molecular weight excluding hydrogens is 544 g/mol. The maximum atomic E-state index is 13.5. The topological polar surface area (TPSA) is 129 Å². The van der Waals surface area contributed by atoms with Gasteiger partial charge in [-0.2, -0.15) is 10.1 Å². The number of amides is 1.